The van der Waals surface area contributed by atoms with Gasteiger partial charge in [0.2, 0.25) is 5.91 Å². The summed E-state index contributed by atoms with van der Waals surface area (Å²) in [4.78, 5) is 12.2. The first-order chi connectivity index (χ1) is 11.3. The number of rotatable bonds is 5. The summed E-state index contributed by atoms with van der Waals surface area (Å²) < 4.78 is 29.2. The van der Waals surface area contributed by atoms with Gasteiger partial charge in [-0.2, -0.15) is 0 Å². The van der Waals surface area contributed by atoms with Gasteiger partial charge in [-0.05, 0) is 42.5 Å². The lowest BCUT2D eigenvalue weighted by Gasteiger charge is -2.06. The summed E-state index contributed by atoms with van der Waals surface area (Å²) in [6, 6.07) is 11.6. The number of methoxy groups -OCH3 is 1. The lowest BCUT2D eigenvalue weighted by atomic mass is 10.2. The van der Waals surface area contributed by atoms with Gasteiger partial charge < -0.3 is 10.1 Å². The molecule has 0 aliphatic rings. The van der Waals surface area contributed by atoms with Crippen molar-refractivity contribution in [1.29, 1.82) is 0 Å². The number of nitrogens with one attached hydrogen (secondary N) is 1. The van der Waals surface area contributed by atoms with E-state index in [1.165, 1.54) is 18.2 Å². The van der Waals surface area contributed by atoms with Crippen LogP contribution in [0.1, 0.15) is 5.56 Å². The third-order valence-electron chi connectivity index (χ3n) is 3.14. The Bertz CT molecular complexity index is 891. The van der Waals surface area contributed by atoms with Crippen LogP contribution in [0.25, 0.3) is 6.08 Å². The highest BCUT2D eigenvalue weighted by Gasteiger charge is 2.08. The fourth-order valence-electron chi connectivity index (χ4n) is 1.99. The molecular formula is C17H16BrNO4S. The standard InChI is InChI=1S/C17H16BrNO4S/c1-23-16-8-7-13(18)10-12(16)6-9-17(20)19-14-4-3-5-15(11-14)24(2,21)22/h3-11H,1-2H3,(H,19,20)/b9-6+. The van der Waals surface area contributed by atoms with Crippen LogP contribution in [-0.2, 0) is 14.6 Å². The van der Waals surface area contributed by atoms with E-state index < -0.39 is 9.84 Å². The van der Waals surface area contributed by atoms with E-state index >= 15 is 0 Å². The number of anilines is 1. The second-order valence-electron chi connectivity index (χ2n) is 5.01. The first-order valence-electron chi connectivity index (χ1n) is 6.92. The van der Waals surface area contributed by atoms with Crippen molar-refractivity contribution < 1.29 is 17.9 Å². The normalized spacial score (nSPS) is 11.5. The molecule has 0 aliphatic heterocycles. The molecule has 7 heteroatoms. The molecule has 0 radical (unpaired) electrons. The predicted molar refractivity (Wildman–Crippen MR) is 97.9 cm³/mol. The van der Waals surface area contributed by atoms with Gasteiger partial charge in [0.05, 0.1) is 12.0 Å². The second-order valence-corrected chi connectivity index (χ2v) is 7.94. The van der Waals surface area contributed by atoms with Crippen molar-refractivity contribution in [3.63, 3.8) is 0 Å². The molecule has 0 unspecified atom stereocenters. The monoisotopic (exact) mass is 409 g/mol. The second kappa shape index (κ2) is 7.63. The third kappa shape index (κ3) is 4.94. The molecular weight excluding hydrogens is 394 g/mol. The smallest absolute Gasteiger partial charge is 0.248 e. The predicted octanol–water partition coefficient (Wildman–Crippen LogP) is 3.51. The molecule has 5 nitrogen and oxygen atoms in total. The number of carbonyl (C=O) groups excluding carboxylic acids is 1. The maximum atomic E-state index is 12.0. The molecule has 0 fully saturated rings. The molecule has 2 rings (SSSR count). The minimum Gasteiger partial charge on any atom is -0.496 e. The summed E-state index contributed by atoms with van der Waals surface area (Å²) in [6.07, 6.45) is 4.10. The molecule has 0 aromatic heterocycles. The van der Waals surface area contributed by atoms with Gasteiger partial charge in [0, 0.05) is 28.1 Å². The first kappa shape index (κ1) is 18.2. The zero-order valence-electron chi connectivity index (χ0n) is 13.1. The molecule has 1 amide bonds. The molecule has 0 spiro atoms. The van der Waals surface area contributed by atoms with Gasteiger partial charge in [-0.3, -0.25) is 4.79 Å². The quantitative estimate of drug-likeness (QED) is 0.766. The van der Waals surface area contributed by atoms with Gasteiger partial charge in [-0.1, -0.05) is 22.0 Å². The Balaban J connectivity index is 2.16. The van der Waals surface area contributed by atoms with Gasteiger partial charge in [-0.15, -0.1) is 0 Å². The molecule has 0 heterocycles. The number of ether oxygens (including phenoxy) is 1. The molecule has 0 bridgehead atoms. The molecule has 1 N–H and O–H groups in total. The van der Waals surface area contributed by atoms with Gasteiger partial charge >= 0.3 is 0 Å². The molecule has 0 aliphatic carbocycles. The fourth-order valence-corrected chi connectivity index (χ4v) is 3.03. The third-order valence-corrected chi connectivity index (χ3v) is 4.74. The van der Waals surface area contributed by atoms with E-state index in [-0.39, 0.29) is 10.8 Å². The number of hydrogen-bond donors (Lipinski definition) is 1. The number of sulfone groups is 1. The minimum atomic E-state index is -3.32. The highest BCUT2D eigenvalue weighted by Crippen LogP contribution is 2.24. The summed E-state index contributed by atoms with van der Waals surface area (Å²) in [7, 11) is -1.77. The highest BCUT2D eigenvalue weighted by atomic mass is 79.9. The number of amides is 1. The van der Waals surface area contributed by atoms with Crippen molar-refractivity contribution in [1.82, 2.24) is 0 Å². The maximum Gasteiger partial charge on any atom is 0.248 e. The van der Waals surface area contributed by atoms with Crippen molar-refractivity contribution in [3.05, 3.63) is 58.6 Å². The molecule has 0 saturated heterocycles. The van der Waals surface area contributed by atoms with E-state index in [1.54, 1.807) is 31.4 Å². The van der Waals surface area contributed by atoms with Gasteiger partial charge in [-0.25, -0.2) is 8.42 Å². The minimum absolute atomic E-state index is 0.151. The largest absolute Gasteiger partial charge is 0.496 e. The Morgan fingerprint density at radius 2 is 1.96 bits per heavy atom. The topological polar surface area (TPSA) is 72.5 Å². The Labute approximate surface area is 149 Å². The van der Waals surface area contributed by atoms with Gasteiger partial charge in [0.15, 0.2) is 9.84 Å². The van der Waals surface area contributed by atoms with Gasteiger partial charge in [0.25, 0.3) is 0 Å². The lowest BCUT2D eigenvalue weighted by Crippen LogP contribution is -2.08. The van der Waals surface area contributed by atoms with Crippen LogP contribution in [0.15, 0.2) is 57.9 Å². The van der Waals surface area contributed by atoms with E-state index in [1.807, 2.05) is 12.1 Å². The summed E-state index contributed by atoms with van der Waals surface area (Å²) in [5.74, 6) is 0.268. The molecule has 126 valence electrons. The average molecular weight is 410 g/mol. The molecule has 0 saturated carbocycles. The summed E-state index contributed by atoms with van der Waals surface area (Å²) >= 11 is 3.37. The van der Waals surface area contributed by atoms with Crippen LogP contribution in [0.3, 0.4) is 0 Å². The van der Waals surface area contributed by atoms with Crippen LogP contribution in [0, 0.1) is 0 Å². The van der Waals surface area contributed by atoms with Crippen molar-refractivity contribution in [2.45, 2.75) is 4.90 Å². The highest BCUT2D eigenvalue weighted by molar-refractivity contribution is 9.10. The van der Waals surface area contributed by atoms with Crippen LogP contribution in [-0.4, -0.2) is 27.7 Å². The molecule has 0 atom stereocenters. The van der Waals surface area contributed by atoms with Crippen LogP contribution in [0.2, 0.25) is 0 Å². The molecule has 2 aromatic rings. The Kier molecular flexibility index (Phi) is 5.80. The van der Waals surface area contributed by atoms with Crippen LogP contribution >= 0.6 is 15.9 Å². The Morgan fingerprint density at radius 1 is 1.21 bits per heavy atom. The molecule has 24 heavy (non-hydrogen) atoms. The van der Waals surface area contributed by atoms with E-state index in [2.05, 4.69) is 21.2 Å². The summed E-state index contributed by atoms with van der Waals surface area (Å²) in [5.41, 5.74) is 1.15. The van der Waals surface area contributed by atoms with Crippen LogP contribution in [0.5, 0.6) is 5.75 Å². The van der Waals surface area contributed by atoms with Crippen molar-refractivity contribution >= 4 is 43.4 Å². The van der Waals surface area contributed by atoms with Crippen molar-refractivity contribution in [2.24, 2.45) is 0 Å². The zero-order chi connectivity index (χ0) is 17.7. The first-order valence-corrected chi connectivity index (χ1v) is 9.61. The lowest BCUT2D eigenvalue weighted by molar-refractivity contribution is -0.111. The Morgan fingerprint density at radius 3 is 2.62 bits per heavy atom. The van der Waals surface area contributed by atoms with E-state index in [0.717, 1.165) is 16.3 Å². The Hall–Kier alpha value is -2.12. The summed E-state index contributed by atoms with van der Waals surface area (Å²) in [5, 5.41) is 2.63. The fraction of sp³-hybridized carbons (Fsp3) is 0.118. The number of benzene rings is 2. The number of hydrogen-bond acceptors (Lipinski definition) is 4. The van der Waals surface area contributed by atoms with Crippen LogP contribution < -0.4 is 10.1 Å². The van der Waals surface area contributed by atoms with Gasteiger partial charge in [0.1, 0.15) is 5.75 Å². The van der Waals surface area contributed by atoms with Crippen molar-refractivity contribution in [2.75, 3.05) is 18.7 Å². The van der Waals surface area contributed by atoms with E-state index in [0.29, 0.717) is 11.4 Å². The number of carbonyl (C=O) groups is 1. The number of halogens is 1. The van der Waals surface area contributed by atoms with Crippen LogP contribution in [0.4, 0.5) is 5.69 Å². The van der Waals surface area contributed by atoms with E-state index in [9.17, 15) is 13.2 Å². The molecule has 2 aromatic carbocycles. The maximum absolute atomic E-state index is 12.0. The zero-order valence-corrected chi connectivity index (χ0v) is 15.5. The van der Waals surface area contributed by atoms with Crippen molar-refractivity contribution in [3.8, 4) is 5.75 Å². The summed E-state index contributed by atoms with van der Waals surface area (Å²) in [6.45, 7) is 0. The SMILES string of the molecule is COc1ccc(Br)cc1/C=C/C(=O)Nc1cccc(S(C)(=O)=O)c1. The average Bonchev–Trinajstić information content (AvgIpc) is 2.52. The van der Waals surface area contributed by atoms with E-state index in [4.69, 9.17) is 4.74 Å².